The van der Waals surface area contributed by atoms with Gasteiger partial charge < -0.3 is 4.74 Å². The van der Waals surface area contributed by atoms with Gasteiger partial charge in [0.25, 0.3) is 11.8 Å². The molecule has 7 nitrogen and oxygen atoms in total. The van der Waals surface area contributed by atoms with Crippen LogP contribution in [0.1, 0.15) is 31.8 Å². The van der Waals surface area contributed by atoms with E-state index in [1.165, 1.54) is 4.90 Å². The van der Waals surface area contributed by atoms with Crippen molar-refractivity contribution in [1.82, 2.24) is 9.80 Å². The number of carbonyl (C=O) groups is 4. The minimum absolute atomic E-state index is 0.162. The maximum absolute atomic E-state index is 13.1. The van der Waals surface area contributed by atoms with Crippen LogP contribution in [0.5, 0.6) is 0 Å². The molecule has 0 bridgehead atoms. The average molecular weight is 378 g/mol. The summed E-state index contributed by atoms with van der Waals surface area (Å²) in [6.45, 7) is 1.58. The molecule has 0 unspecified atom stereocenters. The van der Waals surface area contributed by atoms with Crippen molar-refractivity contribution in [3.63, 3.8) is 0 Å². The molecule has 1 fully saturated rings. The van der Waals surface area contributed by atoms with Crippen molar-refractivity contribution in [3.8, 4) is 0 Å². The highest BCUT2D eigenvalue weighted by Gasteiger charge is 2.44. The van der Waals surface area contributed by atoms with Gasteiger partial charge in [-0.05, 0) is 24.6 Å². The molecule has 28 heavy (non-hydrogen) atoms. The molecule has 2 aromatic rings. The van der Waals surface area contributed by atoms with Gasteiger partial charge in [-0.1, -0.05) is 42.0 Å². The number of aryl methyl sites for hydroxylation is 1. The predicted molar refractivity (Wildman–Crippen MR) is 98.3 cm³/mol. The van der Waals surface area contributed by atoms with Crippen LogP contribution >= 0.6 is 0 Å². The van der Waals surface area contributed by atoms with E-state index in [1.807, 2.05) is 31.2 Å². The van der Waals surface area contributed by atoms with Crippen LogP contribution < -0.4 is 0 Å². The third-order valence-electron chi connectivity index (χ3n) is 4.98. The van der Waals surface area contributed by atoms with Gasteiger partial charge in [0, 0.05) is 6.42 Å². The number of fused-ring (bicyclic) bond motifs is 1. The molecular formula is C21H18N2O5. The van der Waals surface area contributed by atoms with Gasteiger partial charge in [0.1, 0.15) is 12.6 Å². The van der Waals surface area contributed by atoms with Crippen LogP contribution in [0.4, 0.5) is 0 Å². The molecule has 0 spiro atoms. The lowest BCUT2D eigenvalue weighted by Crippen LogP contribution is -2.51. The Hall–Kier alpha value is -3.48. The highest BCUT2D eigenvalue weighted by atomic mass is 16.6. The molecule has 4 rings (SSSR count). The van der Waals surface area contributed by atoms with Crippen LogP contribution in [0.2, 0.25) is 0 Å². The van der Waals surface area contributed by atoms with Gasteiger partial charge in [-0.3, -0.25) is 29.0 Å². The first-order valence-corrected chi connectivity index (χ1v) is 8.92. The standard InChI is InChI=1S/C21H18N2O5/c1-13-6-8-14(9-7-13)10-17(21(27)22-11-18(24)28-12-22)23-19(25)15-4-2-3-5-16(15)20(23)26/h2-9,17H,10-12H2,1H3/t17-/m1/s1. The summed E-state index contributed by atoms with van der Waals surface area (Å²) < 4.78 is 4.86. The molecule has 1 saturated heterocycles. The van der Waals surface area contributed by atoms with E-state index in [9.17, 15) is 19.2 Å². The number of esters is 1. The topological polar surface area (TPSA) is 84.0 Å². The monoisotopic (exact) mass is 378 g/mol. The number of carbonyl (C=O) groups excluding carboxylic acids is 4. The Balaban J connectivity index is 1.69. The number of nitrogens with zero attached hydrogens (tertiary/aromatic N) is 2. The Morgan fingerprint density at radius 3 is 2.14 bits per heavy atom. The minimum Gasteiger partial charge on any atom is -0.443 e. The summed E-state index contributed by atoms with van der Waals surface area (Å²) in [7, 11) is 0. The second-order valence-electron chi connectivity index (χ2n) is 6.91. The first-order valence-electron chi connectivity index (χ1n) is 8.92. The molecule has 1 atom stereocenters. The minimum atomic E-state index is -1.05. The third-order valence-corrected chi connectivity index (χ3v) is 4.98. The first kappa shape index (κ1) is 17.9. The quantitative estimate of drug-likeness (QED) is 0.595. The lowest BCUT2D eigenvalue weighted by molar-refractivity contribution is -0.137. The van der Waals surface area contributed by atoms with E-state index in [-0.39, 0.29) is 30.8 Å². The zero-order valence-corrected chi connectivity index (χ0v) is 15.3. The Morgan fingerprint density at radius 2 is 1.61 bits per heavy atom. The molecule has 7 heteroatoms. The molecule has 2 aliphatic heterocycles. The fourth-order valence-electron chi connectivity index (χ4n) is 3.48. The largest absolute Gasteiger partial charge is 0.443 e. The molecule has 0 saturated carbocycles. The van der Waals surface area contributed by atoms with Gasteiger partial charge >= 0.3 is 5.97 Å². The van der Waals surface area contributed by atoms with Crippen molar-refractivity contribution in [1.29, 1.82) is 0 Å². The predicted octanol–water partition coefficient (Wildman–Crippen LogP) is 1.55. The zero-order valence-electron chi connectivity index (χ0n) is 15.3. The summed E-state index contributed by atoms with van der Waals surface area (Å²) >= 11 is 0. The van der Waals surface area contributed by atoms with Crippen LogP contribution in [0.3, 0.4) is 0 Å². The molecule has 2 aromatic carbocycles. The SMILES string of the molecule is Cc1ccc(C[C@H](C(=O)N2COC(=O)C2)N2C(=O)c3ccccc3C2=O)cc1. The maximum Gasteiger partial charge on any atom is 0.327 e. The molecule has 2 aliphatic rings. The Bertz CT molecular complexity index is 948. The molecule has 0 radical (unpaired) electrons. The second-order valence-corrected chi connectivity index (χ2v) is 6.91. The van der Waals surface area contributed by atoms with E-state index >= 15 is 0 Å². The summed E-state index contributed by atoms with van der Waals surface area (Å²) in [5, 5.41) is 0. The van der Waals surface area contributed by atoms with Crippen LogP contribution in [-0.2, 0) is 20.7 Å². The van der Waals surface area contributed by atoms with E-state index in [0.717, 1.165) is 16.0 Å². The normalized spacial score (nSPS) is 17.0. The summed E-state index contributed by atoms with van der Waals surface area (Å²) in [5.74, 6) is -2.00. The number of hydrogen-bond donors (Lipinski definition) is 0. The summed E-state index contributed by atoms with van der Waals surface area (Å²) in [5.41, 5.74) is 2.43. The summed E-state index contributed by atoms with van der Waals surface area (Å²) in [4.78, 5) is 52.6. The van der Waals surface area contributed by atoms with Crippen molar-refractivity contribution in [2.45, 2.75) is 19.4 Å². The van der Waals surface area contributed by atoms with Gasteiger partial charge in [0.15, 0.2) is 6.73 Å². The van der Waals surface area contributed by atoms with Crippen LogP contribution in [-0.4, -0.2) is 52.8 Å². The van der Waals surface area contributed by atoms with Crippen molar-refractivity contribution in [3.05, 3.63) is 70.8 Å². The van der Waals surface area contributed by atoms with Crippen molar-refractivity contribution < 1.29 is 23.9 Å². The molecule has 0 aromatic heterocycles. The third kappa shape index (κ3) is 3.05. The fraction of sp³-hybridized carbons (Fsp3) is 0.238. The lowest BCUT2D eigenvalue weighted by atomic mass is 10.0. The fourth-order valence-corrected chi connectivity index (χ4v) is 3.48. The maximum atomic E-state index is 13.1. The van der Waals surface area contributed by atoms with E-state index < -0.39 is 29.7 Å². The summed E-state index contributed by atoms with van der Waals surface area (Å²) in [6, 6.07) is 13.0. The van der Waals surface area contributed by atoms with Crippen molar-refractivity contribution >= 4 is 23.7 Å². The number of imide groups is 1. The zero-order chi connectivity index (χ0) is 19.8. The van der Waals surface area contributed by atoms with E-state index in [1.54, 1.807) is 24.3 Å². The lowest BCUT2D eigenvalue weighted by Gasteiger charge is -2.28. The molecule has 3 amide bonds. The van der Waals surface area contributed by atoms with E-state index in [0.29, 0.717) is 0 Å². The van der Waals surface area contributed by atoms with Gasteiger partial charge in [-0.2, -0.15) is 0 Å². The van der Waals surface area contributed by atoms with Gasteiger partial charge in [-0.15, -0.1) is 0 Å². The number of ether oxygens (including phenoxy) is 1. The number of amides is 3. The van der Waals surface area contributed by atoms with Gasteiger partial charge in [-0.25, -0.2) is 0 Å². The number of benzene rings is 2. The first-order chi connectivity index (χ1) is 13.5. The van der Waals surface area contributed by atoms with Crippen LogP contribution in [0.15, 0.2) is 48.5 Å². The number of cyclic esters (lactones) is 1. The molecule has 0 aliphatic carbocycles. The Kier molecular flexibility index (Phi) is 4.43. The van der Waals surface area contributed by atoms with Crippen molar-refractivity contribution in [2.24, 2.45) is 0 Å². The van der Waals surface area contributed by atoms with E-state index in [4.69, 9.17) is 4.74 Å². The Labute approximate surface area is 161 Å². The van der Waals surface area contributed by atoms with E-state index in [2.05, 4.69) is 0 Å². The van der Waals surface area contributed by atoms with Gasteiger partial charge in [0.05, 0.1) is 11.1 Å². The smallest absolute Gasteiger partial charge is 0.327 e. The molecule has 142 valence electrons. The van der Waals surface area contributed by atoms with Crippen LogP contribution in [0.25, 0.3) is 0 Å². The second kappa shape index (κ2) is 6.92. The molecular weight excluding hydrogens is 360 g/mol. The molecule has 0 N–H and O–H groups in total. The Morgan fingerprint density at radius 1 is 1.00 bits per heavy atom. The van der Waals surface area contributed by atoms with Crippen molar-refractivity contribution in [2.75, 3.05) is 13.3 Å². The number of rotatable bonds is 4. The highest BCUT2D eigenvalue weighted by molar-refractivity contribution is 6.22. The molecule has 2 heterocycles. The van der Waals surface area contributed by atoms with Crippen LogP contribution in [0, 0.1) is 6.92 Å². The highest BCUT2D eigenvalue weighted by Crippen LogP contribution is 2.27. The number of hydrogen-bond acceptors (Lipinski definition) is 5. The summed E-state index contributed by atoms with van der Waals surface area (Å²) in [6.07, 6.45) is 0.162. The van der Waals surface area contributed by atoms with Gasteiger partial charge in [0.2, 0.25) is 5.91 Å². The average Bonchev–Trinajstić information content (AvgIpc) is 3.24.